The van der Waals surface area contributed by atoms with Crippen LogP contribution in [-0.2, 0) is 6.61 Å². The highest BCUT2D eigenvalue weighted by Crippen LogP contribution is 2.24. The Bertz CT molecular complexity index is 839. The summed E-state index contributed by atoms with van der Waals surface area (Å²) in [5.41, 5.74) is 7.83. The second-order valence-electron chi connectivity index (χ2n) is 5.14. The molecule has 3 rings (SSSR count). The van der Waals surface area contributed by atoms with Crippen LogP contribution in [0, 0.1) is 6.92 Å². The van der Waals surface area contributed by atoms with Crippen molar-refractivity contribution in [2.45, 2.75) is 13.5 Å². The van der Waals surface area contributed by atoms with Crippen LogP contribution in [0.2, 0.25) is 0 Å². The molecule has 0 fully saturated rings. The minimum absolute atomic E-state index is 0.144. The Morgan fingerprint density at radius 3 is 2.54 bits per heavy atom. The third-order valence-corrected chi connectivity index (χ3v) is 3.86. The van der Waals surface area contributed by atoms with Crippen molar-refractivity contribution in [2.75, 3.05) is 11.1 Å². The molecule has 0 aliphatic carbocycles. The summed E-state index contributed by atoms with van der Waals surface area (Å²) in [7, 11) is 0. The van der Waals surface area contributed by atoms with Crippen LogP contribution in [0.1, 0.15) is 11.4 Å². The van der Waals surface area contributed by atoms with Gasteiger partial charge in [-0.15, -0.1) is 0 Å². The first-order chi connectivity index (χ1) is 11.6. The molecular formula is C17H16BrN5O. The predicted octanol–water partition coefficient (Wildman–Crippen LogP) is 3.85. The second-order valence-corrected chi connectivity index (χ2v) is 6.00. The number of ether oxygens (including phenoxy) is 1. The number of para-hydroxylation sites is 1. The third kappa shape index (κ3) is 4.20. The Hall–Kier alpha value is -2.67. The molecule has 0 radical (unpaired) electrons. The lowest BCUT2D eigenvalue weighted by Crippen LogP contribution is -2.09. The smallest absolute Gasteiger partial charge is 0.232 e. The zero-order chi connectivity index (χ0) is 16.9. The second kappa shape index (κ2) is 7.27. The van der Waals surface area contributed by atoms with Crippen LogP contribution in [0.4, 0.5) is 17.6 Å². The Labute approximate surface area is 148 Å². The molecule has 0 saturated heterocycles. The van der Waals surface area contributed by atoms with Gasteiger partial charge in [-0.05, 0) is 47.1 Å². The van der Waals surface area contributed by atoms with Gasteiger partial charge >= 0.3 is 0 Å². The van der Waals surface area contributed by atoms with Crippen molar-refractivity contribution >= 4 is 33.5 Å². The van der Waals surface area contributed by atoms with Crippen molar-refractivity contribution in [3.63, 3.8) is 0 Å². The van der Waals surface area contributed by atoms with Gasteiger partial charge in [0.1, 0.15) is 12.4 Å². The van der Waals surface area contributed by atoms with E-state index in [1.54, 1.807) is 0 Å². The molecule has 0 aliphatic heterocycles. The van der Waals surface area contributed by atoms with E-state index in [1.165, 1.54) is 5.56 Å². The molecule has 0 aliphatic rings. The van der Waals surface area contributed by atoms with Crippen LogP contribution in [0.25, 0.3) is 0 Å². The van der Waals surface area contributed by atoms with Crippen LogP contribution in [0.3, 0.4) is 0 Å². The molecule has 0 spiro atoms. The van der Waals surface area contributed by atoms with Gasteiger partial charge in [0.2, 0.25) is 11.9 Å². The molecule has 122 valence electrons. The first-order valence-electron chi connectivity index (χ1n) is 7.31. The number of nitrogen functional groups attached to an aromatic ring is 1. The quantitative estimate of drug-likeness (QED) is 0.693. The normalized spacial score (nSPS) is 10.4. The summed E-state index contributed by atoms with van der Waals surface area (Å²) in [6, 6.07) is 15.5. The fourth-order valence-corrected chi connectivity index (χ4v) is 2.43. The van der Waals surface area contributed by atoms with E-state index < -0.39 is 0 Å². The fourth-order valence-electron chi connectivity index (χ4n) is 2.03. The fraction of sp³-hybridized carbons (Fsp3) is 0.118. The van der Waals surface area contributed by atoms with Gasteiger partial charge < -0.3 is 15.8 Å². The van der Waals surface area contributed by atoms with Crippen LogP contribution in [0.15, 0.2) is 53.0 Å². The molecular weight excluding hydrogens is 370 g/mol. The van der Waals surface area contributed by atoms with Gasteiger partial charge in [0.25, 0.3) is 0 Å². The van der Waals surface area contributed by atoms with Gasteiger partial charge in [0.05, 0.1) is 4.47 Å². The number of nitrogens with zero attached hydrogens (tertiary/aromatic N) is 3. The summed E-state index contributed by atoms with van der Waals surface area (Å²) < 4.78 is 6.58. The Kier molecular flexibility index (Phi) is 4.90. The van der Waals surface area contributed by atoms with Gasteiger partial charge in [0.15, 0.2) is 5.82 Å². The number of aromatic nitrogens is 3. The van der Waals surface area contributed by atoms with Crippen LogP contribution >= 0.6 is 15.9 Å². The van der Waals surface area contributed by atoms with Crippen molar-refractivity contribution in [1.82, 2.24) is 15.0 Å². The number of rotatable bonds is 5. The number of halogens is 1. The molecule has 0 amide bonds. The summed E-state index contributed by atoms with van der Waals surface area (Å²) in [4.78, 5) is 12.6. The minimum Gasteiger partial charge on any atom is -0.484 e. The molecule has 1 heterocycles. The van der Waals surface area contributed by atoms with Crippen molar-refractivity contribution in [2.24, 2.45) is 0 Å². The lowest BCUT2D eigenvalue weighted by Gasteiger charge is -2.09. The van der Waals surface area contributed by atoms with Crippen molar-refractivity contribution in [3.8, 4) is 5.75 Å². The summed E-state index contributed by atoms with van der Waals surface area (Å²) in [6.45, 7) is 2.22. The van der Waals surface area contributed by atoms with Gasteiger partial charge in [-0.25, -0.2) is 0 Å². The summed E-state index contributed by atoms with van der Waals surface area (Å²) in [5.74, 6) is 1.69. The largest absolute Gasteiger partial charge is 0.484 e. The average Bonchev–Trinajstić information content (AvgIpc) is 2.56. The van der Waals surface area contributed by atoms with Gasteiger partial charge in [-0.3, -0.25) is 0 Å². The minimum atomic E-state index is 0.144. The summed E-state index contributed by atoms with van der Waals surface area (Å²) in [5, 5.41) is 3.11. The molecule has 24 heavy (non-hydrogen) atoms. The number of hydrogen-bond donors (Lipinski definition) is 2. The maximum atomic E-state index is 5.77. The standard InChI is InChI=1S/C17H16BrN5O/c1-11-6-8-12(9-7-11)20-17-22-15(21-16(19)23-17)10-24-14-5-3-2-4-13(14)18/h2-9H,10H2,1H3,(H3,19,20,21,22,23). The summed E-state index contributed by atoms with van der Waals surface area (Å²) in [6.07, 6.45) is 0. The zero-order valence-electron chi connectivity index (χ0n) is 13.0. The van der Waals surface area contributed by atoms with E-state index in [0.717, 1.165) is 10.2 Å². The molecule has 0 unspecified atom stereocenters. The molecule has 1 aromatic heterocycles. The molecule has 7 heteroatoms. The molecule has 2 aromatic carbocycles. The predicted molar refractivity (Wildman–Crippen MR) is 97.2 cm³/mol. The molecule has 3 N–H and O–H groups in total. The number of nitrogens with two attached hydrogens (primary N) is 1. The van der Waals surface area contributed by atoms with Crippen LogP contribution in [0.5, 0.6) is 5.75 Å². The lowest BCUT2D eigenvalue weighted by molar-refractivity contribution is 0.294. The SMILES string of the molecule is Cc1ccc(Nc2nc(N)nc(COc3ccccc3Br)n2)cc1. The average molecular weight is 386 g/mol. The first kappa shape index (κ1) is 16.2. The molecule has 3 aromatic rings. The van der Waals surface area contributed by atoms with E-state index >= 15 is 0 Å². The molecule has 0 bridgehead atoms. The number of anilines is 3. The van der Waals surface area contributed by atoms with Gasteiger partial charge in [-0.2, -0.15) is 15.0 Å². The van der Waals surface area contributed by atoms with E-state index in [4.69, 9.17) is 10.5 Å². The number of aryl methyl sites for hydroxylation is 1. The van der Waals surface area contributed by atoms with Crippen molar-refractivity contribution in [3.05, 3.63) is 64.4 Å². The van der Waals surface area contributed by atoms with E-state index in [2.05, 4.69) is 36.2 Å². The molecule has 0 saturated carbocycles. The van der Waals surface area contributed by atoms with Crippen molar-refractivity contribution in [1.29, 1.82) is 0 Å². The number of benzene rings is 2. The number of nitrogens with one attached hydrogen (secondary N) is 1. The Morgan fingerprint density at radius 2 is 1.79 bits per heavy atom. The summed E-state index contributed by atoms with van der Waals surface area (Å²) >= 11 is 3.43. The number of hydrogen-bond acceptors (Lipinski definition) is 6. The maximum Gasteiger partial charge on any atom is 0.232 e. The van der Waals surface area contributed by atoms with E-state index in [9.17, 15) is 0 Å². The highest BCUT2D eigenvalue weighted by Gasteiger charge is 2.07. The van der Waals surface area contributed by atoms with Crippen molar-refractivity contribution < 1.29 is 4.74 Å². The first-order valence-corrected chi connectivity index (χ1v) is 8.11. The maximum absolute atomic E-state index is 5.77. The highest BCUT2D eigenvalue weighted by molar-refractivity contribution is 9.10. The van der Waals surface area contributed by atoms with Gasteiger partial charge in [-0.1, -0.05) is 29.8 Å². The monoisotopic (exact) mass is 385 g/mol. The molecule has 6 nitrogen and oxygen atoms in total. The van der Waals surface area contributed by atoms with Crippen LogP contribution in [-0.4, -0.2) is 15.0 Å². The zero-order valence-corrected chi connectivity index (χ0v) is 14.6. The third-order valence-electron chi connectivity index (χ3n) is 3.20. The Balaban J connectivity index is 1.74. The van der Waals surface area contributed by atoms with Crippen LogP contribution < -0.4 is 15.8 Å². The Morgan fingerprint density at radius 1 is 1.04 bits per heavy atom. The van der Waals surface area contributed by atoms with E-state index in [-0.39, 0.29) is 12.6 Å². The lowest BCUT2D eigenvalue weighted by atomic mass is 10.2. The van der Waals surface area contributed by atoms with E-state index in [1.807, 2.05) is 55.5 Å². The highest BCUT2D eigenvalue weighted by atomic mass is 79.9. The molecule has 0 atom stereocenters. The van der Waals surface area contributed by atoms with E-state index in [0.29, 0.717) is 17.5 Å². The topological polar surface area (TPSA) is 86.0 Å². The van der Waals surface area contributed by atoms with Gasteiger partial charge in [0, 0.05) is 5.69 Å².